The van der Waals surface area contributed by atoms with E-state index in [1.807, 2.05) is 37.3 Å². The number of anilines is 1. The Morgan fingerprint density at radius 2 is 2.08 bits per heavy atom. The Labute approximate surface area is 158 Å². The summed E-state index contributed by atoms with van der Waals surface area (Å²) in [5.41, 5.74) is 2.50. The van der Waals surface area contributed by atoms with Crippen molar-refractivity contribution < 1.29 is 4.74 Å². The van der Waals surface area contributed by atoms with E-state index in [0.717, 1.165) is 21.6 Å². The summed E-state index contributed by atoms with van der Waals surface area (Å²) >= 11 is 7.30. The van der Waals surface area contributed by atoms with Crippen molar-refractivity contribution in [2.75, 3.05) is 11.9 Å². The van der Waals surface area contributed by atoms with E-state index in [1.54, 1.807) is 12.3 Å². The van der Waals surface area contributed by atoms with Gasteiger partial charge in [-0.15, -0.1) is 11.3 Å². The predicted molar refractivity (Wildman–Crippen MR) is 108 cm³/mol. The second-order valence-corrected chi connectivity index (χ2v) is 7.49. The predicted octanol–water partition coefficient (Wildman–Crippen LogP) is 4.80. The molecule has 2 N–H and O–H groups in total. The zero-order valence-corrected chi connectivity index (χ0v) is 15.6. The molecular weight excluding hydrogens is 370 g/mol. The highest BCUT2D eigenvalue weighted by molar-refractivity contribution is 7.15. The second-order valence-electron chi connectivity index (χ2n) is 5.79. The zero-order valence-electron chi connectivity index (χ0n) is 14.0. The maximum absolute atomic E-state index is 12.8. The van der Waals surface area contributed by atoms with Crippen LogP contribution in [0.1, 0.15) is 11.8 Å². The fourth-order valence-corrected chi connectivity index (χ4v) is 3.79. The summed E-state index contributed by atoms with van der Waals surface area (Å²) in [6.45, 7) is 3.12. The number of aromatic nitrogens is 2. The molecule has 0 saturated carbocycles. The molecule has 7 heteroatoms. The van der Waals surface area contributed by atoms with Gasteiger partial charge in [0, 0.05) is 27.5 Å². The molecule has 0 unspecified atom stereocenters. The molecule has 2 aromatic heterocycles. The molecule has 0 fully saturated rings. The smallest absolute Gasteiger partial charge is 0.197 e. The van der Waals surface area contributed by atoms with Gasteiger partial charge in [-0.05, 0) is 43.3 Å². The first-order valence-corrected chi connectivity index (χ1v) is 9.40. The lowest BCUT2D eigenvalue weighted by Gasteiger charge is -2.09. The van der Waals surface area contributed by atoms with Crippen molar-refractivity contribution in [2.45, 2.75) is 13.5 Å². The Morgan fingerprint density at radius 1 is 1.19 bits per heavy atom. The molecule has 4 rings (SSSR count). The number of halogens is 1. The van der Waals surface area contributed by atoms with Crippen LogP contribution in [0.3, 0.4) is 0 Å². The zero-order chi connectivity index (χ0) is 18.1. The van der Waals surface area contributed by atoms with Crippen molar-refractivity contribution >= 4 is 50.4 Å². The molecule has 0 aliphatic heterocycles. The molecule has 2 heterocycles. The number of pyridine rings is 1. The molecule has 5 nitrogen and oxygen atoms in total. The van der Waals surface area contributed by atoms with Crippen LogP contribution in [0.15, 0.2) is 47.4 Å². The van der Waals surface area contributed by atoms with Gasteiger partial charge in [0.25, 0.3) is 0 Å². The van der Waals surface area contributed by atoms with E-state index in [4.69, 9.17) is 16.3 Å². The number of thiazole rings is 1. The molecule has 0 radical (unpaired) electrons. The monoisotopic (exact) mass is 385 g/mol. The van der Waals surface area contributed by atoms with Gasteiger partial charge in [0.1, 0.15) is 5.75 Å². The summed E-state index contributed by atoms with van der Waals surface area (Å²) in [5.74, 6) is 0.700. The van der Waals surface area contributed by atoms with Gasteiger partial charge in [0.05, 0.1) is 24.2 Å². The van der Waals surface area contributed by atoms with Gasteiger partial charge in [-0.3, -0.25) is 4.79 Å². The normalized spacial score (nSPS) is 11.2. The van der Waals surface area contributed by atoms with Crippen LogP contribution < -0.4 is 15.5 Å². The van der Waals surface area contributed by atoms with E-state index >= 15 is 0 Å². The van der Waals surface area contributed by atoms with Crippen LogP contribution in [0.4, 0.5) is 5.69 Å². The van der Waals surface area contributed by atoms with Crippen LogP contribution in [-0.4, -0.2) is 16.6 Å². The topological polar surface area (TPSA) is 67.0 Å². The number of ether oxygens (including phenoxy) is 1. The Balaban J connectivity index is 1.70. The fourth-order valence-electron chi connectivity index (χ4n) is 2.88. The van der Waals surface area contributed by atoms with Gasteiger partial charge in [-0.2, -0.15) is 0 Å². The van der Waals surface area contributed by atoms with Gasteiger partial charge in [-0.1, -0.05) is 11.6 Å². The van der Waals surface area contributed by atoms with E-state index in [2.05, 4.69) is 15.3 Å². The van der Waals surface area contributed by atoms with Crippen LogP contribution in [0.2, 0.25) is 4.47 Å². The number of H-pyrrole nitrogens is 1. The highest BCUT2D eigenvalue weighted by atomic mass is 35.5. The van der Waals surface area contributed by atoms with Crippen LogP contribution in [0.5, 0.6) is 5.75 Å². The minimum absolute atomic E-state index is 0.00362. The molecule has 132 valence electrons. The lowest BCUT2D eigenvalue weighted by atomic mass is 10.1. The van der Waals surface area contributed by atoms with Gasteiger partial charge < -0.3 is 15.0 Å². The van der Waals surface area contributed by atoms with Crippen LogP contribution in [0, 0.1) is 0 Å². The minimum atomic E-state index is -0.00362. The molecule has 0 spiro atoms. The Bertz CT molecular complexity index is 1150. The first-order chi connectivity index (χ1) is 12.6. The molecule has 2 aromatic carbocycles. The van der Waals surface area contributed by atoms with Crippen molar-refractivity contribution in [2.24, 2.45) is 0 Å². The van der Waals surface area contributed by atoms with E-state index in [0.29, 0.717) is 34.1 Å². The number of hydrogen-bond donors (Lipinski definition) is 2. The third-order valence-electron chi connectivity index (χ3n) is 4.07. The highest BCUT2D eigenvalue weighted by Gasteiger charge is 2.08. The number of aromatic amines is 1. The number of hydrogen-bond acceptors (Lipinski definition) is 5. The number of fused-ring (bicyclic) bond motifs is 2. The van der Waals surface area contributed by atoms with Crippen LogP contribution in [0.25, 0.3) is 21.8 Å². The molecule has 0 aliphatic carbocycles. The first-order valence-electron chi connectivity index (χ1n) is 8.20. The van der Waals surface area contributed by atoms with Crippen LogP contribution >= 0.6 is 22.9 Å². The van der Waals surface area contributed by atoms with E-state index in [-0.39, 0.29) is 5.43 Å². The summed E-state index contributed by atoms with van der Waals surface area (Å²) in [4.78, 5) is 21.2. The average molecular weight is 386 g/mol. The standard InChI is InChI=1S/C19H16ClN3O2S/c1-2-25-12-4-6-16-15(8-12)18(24)14-5-3-11(7-17(14)23-16)21-9-13-10-22-19(20)26-13/h3-8,10,21H,2,9H2,1H3,(H,23,24). The Hall–Kier alpha value is -2.57. The van der Waals surface area contributed by atoms with Crippen molar-refractivity contribution in [3.8, 4) is 5.75 Å². The van der Waals surface area contributed by atoms with E-state index in [9.17, 15) is 4.79 Å². The molecule has 4 aromatic rings. The summed E-state index contributed by atoms with van der Waals surface area (Å²) in [5, 5.41) is 4.61. The average Bonchev–Trinajstić information content (AvgIpc) is 3.06. The summed E-state index contributed by atoms with van der Waals surface area (Å²) in [6, 6.07) is 11.2. The van der Waals surface area contributed by atoms with Crippen molar-refractivity contribution in [1.29, 1.82) is 0 Å². The largest absolute Gasteiger partial charge is 0.494 e. The molecular formula is C19H16ClN3O2S. The van der Waals surface area contributed by atoms with Gasteiger partial charge in [-0.25, -0.2) is 4.98 Å². The number of nitrogens with one attached hydrogen (secondary N) is 2. The second kappa shape index (κ2) is 6.97. The van der Waals surface area contributed by atoms with Gasteiger partial charge >= 0.3 is 0 Å². The lowest BCUT2D eigenvalue weighted by molar-refractivity contribution is 0.340. The van der Waals surface area contributed by atoms with Gasteiger partial charge in [0.15, 0.2) is 9.90 Å². The number of nitrogens with zero attached hydrogens (tertiary/aromatic N) is 1. The summed E-state index contributed by atoms with van der Waals surface area (Å²) in [6.07, 6.45) is 1.76. The number of rotatable bonds is 5. The maximum Gasteiger partial charge on any atom is 0.197 e. The molecule has 0 aliphatic rings. The third kappa shape index (κ3) is 3.25. The van der Waals surface area contributed by atoms with Gasteiger partial charge in [0.2, 0.25) is 0 Å². The Kier molecular flexibility index (Phi) is 4.53. The highest BCUT2D eigenvalue weighted by Crippen LogP contribution is 2.23. The van der Waals surface area contributed by atoms with Crippen molar-refractivity contribution in [3.05, 3.63) is 62.2 Å². The van der Waals surface area contributed by atoms with E-state index < -0.39 is 0 Å². The summed E-state index contributed by atoms with van der Waals surface area (Å²) in [7, 11) is 0. The molecule has 26 heavy (non-hydrogen) atoms. The maximum atomic E-state index is 12.8. The summed E-state index contributed by atoms with van der Waals surface area (Å²) < 4.78 is 6.03. The molecule has 0 amide bonds. The van der Waals surface area contributed by atoms with Crippen LogP contribution in [-0.2, 0) is 6.54 Å². The lowest BCUT2D eigenvalue weighted by Crippen LogP contribution is -2.05. The SMILES string of the molecule is CCOc1ccc2[nH]c3cc(NCc4cnc(Cl)s4)ccc3c(=O)c2c1. The molecule has 0 atom stereocenters. The molecule has 0 saturated heterocycles. The fraction of sp³-hybridized carbons (Fsp3) is 0.158. The first kappa shape index (κ1) is 16.9. The van der Waals surface area contributed by atoms with E-state index in [1.165, 1.54) is 11.3 Å². The number of benzene rings is 2. The third-order valence-corrected chi connectivity index (χ3v) is 5.19. The molecule has 0 bridgehead atoms. The Morgan fingerprint density at radius 3 is 2.85 bits per heavy atom. The minimum Gasteiger partial charge on any atom is -0.494 e. The van der Waals surface area contributed by atoms with Crippen molar-refractivity contribution in [3.63, 3.8) is 0 Å². The van der Waals surface area contributed by atoms with Crippen molar-refractivity contribution in [1.82, 2.24) is 9.97 Å². The quantitative estimate of drug-likeness (QED) is 0.484.